The molecule has 41 heavy (non-hydrogen) atoms. The van der Waals surface area contributed by atoms with Crippen LogP contribution in [-0.2, 0) is 14.3 Å². The first-order valence-electron chi connectivity index (χ1n) is 14.4. The van der Waals surface area contributed by atoms with Crippen molar-refractivity contribution in [3.63, 3.8) is 0 Å². The Morgan fingerprint density at radius 1 is 1.22 bits per heavy atom. The van der Waals surface area contributed by atoms with Crippen molar-refractivity contribution in [3.8, 4) is 17.0 Å². The van der Waals surface area contributed by atoms with E-state index in [9.17, 15) is 19.5 Å². The molecule has 2 fully saturated rings. The van der Waals surface area contributed by atoms with E-state index in [1.54, 1.807) is 19.2 Å². The molecule has 2 aliphatic heterocycles. The smallest absolute Gasteiger partial charge is 0.354 e. The molecule has 1 aromatic heterocycles. The largest absolute Gasteiger partial charge is 0.496 e. The van der Waals surface area contributed by atoms with Gasteiger partial charge in [-0.25, -0.2) is 9.78 Å². The lowest BCUT2D eigenvalue weighted by Crippen LogP contribution is -2.58. The van der Waals surface area contributed by atoms with Crippen molar-refractivity contribution in [3.05, 3.63) is 70.6 Å². The second kappa shape index (κ2) is 9.86. The number of amides is 1. The van der Waals surface area contributed by atoms with E-state index in [1.807, 2.05) is 37.8 Å². The van der Waals surface area contributed by atoms with Crippen molar-refractivity contribution in [1.82, 2.24) is 9.88 Å². The third-order valence-corrected chi connectivity index (χ3v) is 9.55. The highest BCUT2D eigenvalue weighted by Crippen LogP contribution is 2.61. The molecule has 1 saturated heterocycles. The van der Waals surface area contributed by atoms with Gasteiger partial charge in [-0.15, -0.1) is 0 Å². The predicted octanol–water partition coefficient (Wildman–Crippen LogP) is 5.46. The average Bonchev–Trinajstić information content (AvgIpc) is 3.69. The number of aromatic nitrogens is 1. The van der Waals surface area contributed by atoms with Gasteiger partial charge < -0.3 is 19.5 Å². The molecular formula is C33H36N2O6. The molecule has 1 N–H and O–H groups in total. The maximum Gasteiger partial charge on any atom is 0.354 e. The molecular weight excluding hydrogens is 520 g/mol. The molecule has 4 atom stereocenters. The standard InChI is InChI=1S/C33H36N2O6/c1-6-35-22(17(2)3)14-25-29(31(35)37)30(28-23(36)15-33(12-13-33)16-26(28)41-25)27-18(4)19(10-11-24(27)40-5)20-8-7-9-21(34-20)32(38)39/h7-11,22,25,29-30H,2,6,12-16H2,1,3-5H3,(H,38,39)/t22-,25-,29-,30-/m0/s1. The molecule has 1 aromatic carbocycles. The number of aromatic carboxylic acids is 1. The number of hydrogen-bond donors (Lipinski definition) is 1. The highest BCUT2D eigenvalue weighted by Gasteiger charge is 2.58. The van der Waals surface area contributed by atoms with Crippen LogP contribution in [0, 0.1) is 18.3 Å². The van der Waals surface area contributed by atoms with E-state index >= 15 is 0 Å². The van der Waals surface area contributed by atoms with Gasteiger partial charge in [0, 0.05) is 48.4 Å². The molecule has 1 saturated carbocycles. The summed E-state index contributed by atoms with van der Waals surface area (Å²) in [6, 6.07) is 8.45. The molecule has 4 aliphatic rings. The van der Waals surface area contributed by atoms with Gasteiger partial charge in [0.15, 0.2) is 5.78 Å². The summed E-state index contributed by atoms with van der Waals surface area (Å²) < 4.78 is 12.6. The third kappa shape index (κ3) is 4.35. The Kier molecular flexibility index (Phi) is 6.55. The van der Waals surface area contributed by atoms with Crippen molar-refractivity contribution >= 4 is 17.7 Å². The van der Waals surface area contributed by atoms with Gasteiger partial charge in [-0.3, -0.25) is 9.59 Å². The van der Waals surface area contributed by atoms with Crippen molar-refractivity contribution < 1.29 is 29.0 Å². The number of carbonyl (C=O) groups excluding carboxylic acids is 2. The quantitative estimate of drug-likeness (QED) is 0.471. The number of methoxy groups -OCH3 is 1. The summed E-state index contributed by atoms with van der Waals surface area (Å²) in [6.07, 6.45) is 3.40. The van der Waals surface area contributed by atoms with Crippen LogP contribution < -0.4 is 4.74 Å². The normalized spacial score (nSPS) is 26.3. The van der Waals surface area contributed by atoms with Gasteiger partial charge in [0.1, 0.15) is 23.3 Å². The number of carboxylic acid groups (broad SMARTS) is 1. The maximum atomic E-state index is 14.3. The Morgan fingerprint density at radius 2 is 1.98 bits per heavy atom. The molecule has 0 radical (unpaired) electrons. The zero-order valence-electron chi connectivity index (χ0n) is 24.0. The van der Waals surface area contributed by atoms with Crippen LogP contribution in [0.3, 0.4) is 0 Å². The molecule has 2 aliphatic carbocycles. The number of likely N-dealkylation sites (tertiary alicyclic amines) is 1. The minimum Gasteiger partial charge on any atom is -0.496 e. The molecule has 1 amide bonds. The van der Waals surface area contributed by atoms with Gasteiger partial charge in [0.2, 0.25) is 5.91 Å². The van der Waals surface area contributed by atoms with Crippen molar-refractivity contribution in [2.75, 3.05) is 13.7 Å². The SMILES string of the molecule is C=C(C)[C@@H]1C[C@@H]2OC3=C(C(=O)CC4(CC4)C3)[C@H](c3c(OC)ccc(-c4cccc(C(=O)O)n4)c3C)[C@H]2C(=O)N1CC. The van der Waals surface area contributed by atoms with E-state index in [4.69, 9.17) is 9.47 Å². The number of likely N-dealkylation sites (N-methyl/N-ethyl adjacent to an activating group) is 1. The van der Waals surface area contributed by atoms with Crippen LogP contribution in [0.1, 0.15) is 73.5 Å². The number of carboxylic acids is 1. The molecule has 6 rings (SSSR count). The summed E-state index contributed by atoms with van der Waals surface area (Å²) >= 11 is 0. The van der Waals surface area contributed by atoms with Crippen LogP contribution >= 0.6 is 0 Å². The first-order chi connectivity index (χ1) is 19.6. The maximum absolute atomic E-state index is 14.3. The van der Waals surface area contributed by atoms with E-state index in [1.165, 1.54) is 6.07 Å². The van der Waals surface area contributed by atoms with E-state index in [0.717, 1.165) is 40.9 Å². The lowest BCUT2D eigenvalue weighted by atomic mass is 9.65. The van der Waals surface area contributed by atoms with Crippen LogP contribution in [0.5, 0.6) is 5.75 Å². The van der Waals surface area contributed by atoms with Gasteiger partial charge in [0.25, 0.3) is 0 Å². The number of hydrogen-bond acceptors (Lipinski definition) is 6. The van der Waals surface area contributed by atoms with Crippen molar-refractivity contribution in [2.45, 2.75) is 70.9 Å². The topological polar surface area (TPSA) is 106 Å². The van der Waals surface area contributed by atoms with Gasteiger partial charge in [-0.2, -0.15) is 0 Å². The minimum atomic E-state index is -1.11. The number of fused-ring (bicyclic) bond motifs is 1. The molecule has 214 valence electrons. The number of rotatable bonds is 6. The number of pyridine rings is 1. The summed E-state index contributed by atoms with van der Waals surface area (Å²) in [7, 11) is 1.59. The highest BCUT2D eigenvalue weighted by atomic mass is 16.5. The fourth-order valence-electron chi connectivity index (χ4n) is 7.33. The Balaban J connectivity index is 1.57. The monoisotopic (exact) mass is 556 g/mol. The number of ether oxygens (including phenoxy) is 2. The first kappa shape index (κ1) is 27.2. The summed E-state index contributed by atoms with van der Waals surface area (Å²) in [5.41, 5.74) is 4.22. The molecule has 8 heteroatoms. The number of Topliss-reactive ketones (excluding diaryl/α,β-unsaturated/α-hetero) is 1. The number of carbonyl (C=O) groups is 3. The zero-order chi connectivity index (χ0) is 29.2. The van der Waals surface area contributed by atoms with E-state index < -0.39 is 23.9 Å². The summed E-state index contributed by atoms with van der Waals surface area (Å²) in [5, 5.41) is 9.55. The molecule has 8 nitrogen and oxygen atoms in total. The van der Waals surface area contributed by atoms with E-state index in [0.29, 0.717) is 42.8 Å². The predicted molar refractivity (Wildman–Crippen MR) is 153 cm³/mol. The summed E-state index contributed by atoms with van der Waals surface area (Å²) in [4.78, 5) is 46.2. The Bertz CT molecular complexity index is 1520. The molecule has 3 heterocycles. The van der Waals surface area contributed by atoms with Gasteiger partial charge in [0.05, 0.1) is 24.8 Å². The van der Waals surface area contributed by atoms with Crippen molar-refractivity contribution in [2.24, 2.45) is 11.3 Å². The first-order valence-corrected chi connectivity index (χ1v) is 14.4. The highest BCUT2D eigenvalue weighted by molar-refractivity contribution is 6.01. The van der Waals surface area contributed by atoms with Crippen LogP contribution in [0.25, 0.3) is 11.3 Å². The fourth-order valence-corrected chi connectivity index (χ4v) is 7.33. The van der Waals surface area contributed by atoms with Gasteiger partial charge in [-0.05, 0) is 68.9 Å². The van der Waals surface area contributed by atoms with Crippen LogP contribution in [0.15, 0.2) is 53.8 Å². The minimum absolute atomic E-state index is 0.0165. The molecule has 0 bridgehead atoms. The number of piperidine rings is 1. The Morgan fingerprint density at radius 3 is 2.61 bits per heavy atom. The average molecular weight is 557 g/mol. The fraction of sp³-hybridized carbons (Fsp3) is 0.455. The summed E-state index contributed by atoms with van der Waals surface area (Å²) in [5.74, 6) is -0.980. The number of benzene rings is 1. The number of ketones is 1. The number of nitrogens with zero attached hydrogens (tertiary/aromatic N) is 2. The van der Waals surface area contributed by atoms with Crippen molar-refractivity contribution in [1.29, 1.82) is 0 Å². The number of allylic oxidation sites excluding steroid dienone is 2. The van der Waals surface area contributed by atoms with Crippen LogP contribution in [0.2, 0.25) is 0 Å². The molecule has 1 spiro atoms. The Labute approximate surface area is 240 Å². The van der Waals surface area contributed by atoms with Gasteiger partial charge in [-0.1, -0.05) is 18.2 Å². The molecule has 2 aromatic rings. The lowest BCUT2D eigenvalue weighted by Gasteiger charge is -2.50. The van der Waals surface area contributed by atoms with Crippen LogP contribution in [-0.4, -0.2) is 58.5 Å². The van der Waals surface area contributed by atoms with Crippen LogP contribution in [0.4, 0.5) is 0 Å². The van der Waals surface area contributed by atoms with E-state index in [-0.39, 0.29) is 28.8 Å². The molecule has 0 unspecified atom stereocenters. The van der Waals surface area contributed by atoms with E-state index in [2.05, 4.69) is 11.6 Å². The summed E-state index contributed by atoms with van der Waals surface area (Å²) in [6.45, 7) is 10.5. The van der Waals surface area contributed by atoms with Gasteiger partial charge >= 0.3 is 5.97 Å². The Hall–Kier alpha value is -3.94. The second-order valence-electron chi connectivity index (χ2n) is 12.1. The third-order valence-electron chi connectivity index (χ3n) is 9.55. The lowest BCUT2D eigenvalue weighted by molar-refractivity contribution is -0.152. The second-order valence-corrected chi connectivity index (χ2v) is 12.1. The zero-order valence-corrected chi connectivity index (χ0v) is 24.0.